The lowest BCUT2D eigenvalue weighted by Crippen LogP contribution is -2.11. The molecule has 0 bridgehead atoms. The smallest absolute Gasteiger partial charge is 0.408 e. The van der Waals surface area contributed by atoms with E-state index in [1.165, 1.54) is 6.92 Å². The minimum absolute atomic E-state index is 0.332. The van der Waals surface area contributed by atoms with E-state index in [0.717, 1.165) is 0 Å². The van der Waals surface area contributed by atoms with E-state index in [-0.39, 0.29) is 5.78 Å². The monoisotopic (exact) mass is 122 g/mol. The van der Waals surface area contributed by atoms with Crippen molar-refractivity contribution in [2.45, 2.75) is 6.92 Å². The van der Waals surface area contributed by atoms with Gasteiger partial charge in [0.05, 0.1) is 6.92 Å². The molecule has 0 spiro atoms. The molecule has 0 aromatic heterocycles. The first-order valence-corrected chi connectivity index (χ1v) is 1.89. The molecule has 0 amide bonds. The van der Waals surface area contributed by atoms with E-state index in [0.29, 0.717) is 0 Å². The van der Waals surface area contributed by atoms with E-state index in [2.05, 4.69) is 4.58 Å². The van der Waals surface area contributed by atoms with Gasteiger partial charge in [0.2, 0.25) is 0 Å². The van der Waals surface area contributed by atoms with Gasteiger partial charge >= 0.3 is 11.0 Å². The number of rotatable bonds is 1. The molecule has 0 unspecified atom stereocenters. The van der Waals surface area contributed by atoms with E-state index >= 15 is 0 Å². The third-order valence-electron chi connectivity index (χ3n) is 0.402. The molecular formula is C3H3ClO3. The molecular weight excluding hydrogens is 119 g/mol. The summed E-state index contributed by atoms with van der Waals surface area (Å²) in [6.45, 7) is 1.20. The lowest BCUT2D eigenvalue weighted by atomic mass is 10.5. The Labute approximate surface area is 45.1 Å². The van der Waals surface area contributed by atoms with E-state index in [1.807, 2.05) is 0 Å². The zero-order valence-corrected chi connectivity index (χ0v) is 4.36. The van der Waals surface area contributed by atoms with Crippen molar-refractivity contribution in [2.75, 3.05) is 0 Å². The molecule has 0 saturated heterocycles. The van der Waals surface area contributed by atoms with Crippen LogP contribution in [-0.2, 0) is 9.37 Å². The third-order valence-corrected chi connectivity index (χ3v) is 0.668. The van der Waals surface area contributed by atoms with Crippen molar-refractivity contribution in [1.29, 1.82) is 0 Å². The number of hydrogen-bond donors (Lipinski definition) is 0. The molecule has 7 heavy (non-hydrogen) atoms. The van der Waals surface area contributed by atoms with Crippen LogP contribution in [-0.4, -0.2) is 11.0 Å². The lowest BCUT2D eigenvalue weighted by molar-refractivity contribution is -1.05. The van der Waals surface area contributed by atoms with Crippen molar-refractivity contribution in [2.24, 2.45) is 0 Å². The van der Waals surface area contributed by atoms with Gasteiger partial charge in [-0.3, -0.25) is 4.79 Å². The number of ketones is 1. The molecule has 3 nitrogen and oxygen atoms in total. The van der Waals surface area contributed by atoms with E-state index in [1.54, 1.807) is 0 Å². The highest BCUT2D eigenvalue weighted by Crippen LogP contribution is 1.78. The maximum Gasteiger partial charge on any atom is 0.408 e. The van der Waals surface area contributed by atoms with Crippen LogP contribution in [0.4, 0.5) is 0 Å². The number of carbonyl (C=O) groups is 1. The molecule has 0 N–H and O–H groups in total. The summed E-state index contributed by atoms with van der Waals surface area (Å²) in [5.74, 6) is -0.332. The first-order chi connectivity index (χ1) is 3.18. The number of carbonyl (C=O) groups excluding carboxylic acids is 2. The van der Waals surface area contributed by atoms with Crippen LogP contribution in [0.15, 0.2) is 0 Å². The molecule has 0 saturated carbocycles. The van der Waals surface area contributed by atoms with Crippen LogP contribution < -0.4 is 5.26 Å². The average Bonchev–Trinajstić information content (AvgIpc) is 1.65. The third kappa shape index (κ3) is 2.17. The number of halogens is 1. The van der Waals surface area contributed by atoms with Gasteiger partial charge in [0.15, 0.2) is 0 Å². The fraction of sp³-hybridized carbons (Fsp3) is 0.333. The second-order valence-corrected chi connectivity index (χ2v) is 1.26. The van der Waals surface area contributed by atoms with Gasteiger partial charge in [-0.2, -0.15) is 4.58 Å². The maximum atomic E-state index is 9.78. The predicted octanol–water partition coefficient (Wildman–Crippen LogP) is -0.848. The van der Waals surface area contributed by atoms with Gasteiger partial charge in [0.25, 0.3) is 0 Å². The van der Waals surface area contributed by atoms with Crippen LogP contribution in [0.2, 0.25) is 0 Å². The predicted molar refractivity (Wildman–Crippen MR) is 21.5 cm³/mol. The van der Waals surface area contributed by atoms with Crippen LogP contribution in [0, 0.1) is 0 Å². The molecule has 0 rings (SSSR count). The van der Waals surface area contributed by atoms with Crippen LogP contribution in [0.3, 0.4) is 0 Å². The van der Waals surface area contributed by atoms with Gasteiger partial charge in [-0.1, -0.05) is 0 Å². The Morgan fingerprint density at radius 1 is 1.86 bits per heavy atom. The molecule has 0 fully saturated rings. The fourth-order valence-electron chi connectivity index (χ4n) is 0.0328. The minimum Gasteiger partial charge on any atom is -0.462 e. The van der Waals surface area contributed by atoms with Crippen molar-refractivity contribution >= 4 is 22.6 Å². The molecule has 0 radical (unpaired) electrons. The van der Waals surface area contributed by atoms with Gasteiger partial charge in [-0.25, -0.2) is 0 Å². The van der Waals surface area contributed by atoms with Crippen molar-refractivity contribution in [3.8, 4) is 0 Å². The van der Waals surface area contributed by atoms with Crippen molar-refractivity contribution in [1.82, 2.24) is 0 Å². The summed E-state index contributed by atoms with van der Waals surface area (Å²) in [7, 11) is 0. The van der Waals surface area contributed by atoms with Gasteiger partial charge in [-0.05, 0) is 11.6 Å². The highest BCUT2D eigenvalue weighted by Gasteiger charge is 2.10. The molecule has 4 heteroatoms. The molecule has 0 heterocycles. The second kappa shape index (κ2) is 2.58. The molecule has 40 valence electrons. The average molecular weight is 123 g/mol. The molecule has 0 aromatic rings. The van der Waals surface area contributed by atoms with Crippen LogP contribution in [0.1, 0.15) is 6.92 Å². The van der Waals surface area contributed by atoms with Crippen molar-refractivity contribution in [3.63, 3.8) is 0 Å². The Bertz CT molecular complexity index is 107. The molecule has 0 atom stereocenters. The molecule has 0 aliphatic rings. The first-order valence-electron chi connectivity index (χ1n) is 1.51. The Kier molecular flexibility index (Phi) is 2.37. The van der Waals surface area contributed by atoms with Gasteiger partial charge in [-0.15, -0.1) is 0 Å². The SMILES string of the molecule is CC(=[O+][O-])C(=O)Cl. The summed E-state index contributed by atoms with van der Waals surface area (Å²) >= 11 is 4.73. The summed E-state index contributed by atoms with van der Waals surface area (Å²) < 4.78 is 3.20. The van der Waals surface area contributed by atoms with Crippen molar-refractivity contribution < 1.29 is 14.6 Å². The van der Waals surface area contributed by atoms with Crippen LogP contribution in [0.25, 0.3) is 0 Å². The summed E-state index contributed by atoms with van der Waals surface area (Å²) in [6, 6.07) is 0. The van der Waals surface area contributed by atoms with E-state index < -0.39 is 5.24 Å². The highest BCUT2D eigenvalue weighted by molar-refractivity contribution is 6.80. The zero-order chi connectivity index (χ0) is 5.86. The standard InChI is InChI=1S/C3H3ClO3/c1-2(7-6)3(4)5/h1H3. The quantitative estimate of drug-likeness (QED) is 0.150. The maximum absolute atomic E-state index is 9.78. The summed E-state index contributed by atoms with van der Waals surface area (Å²) in [5.41, 5.74) is 0. The Morgan fingerprint density at radius 2 is 2.29 bits per heavy atom. The highest BCUT2D eigenvalue weighted by atomic mass is 35.5. The molecule has 0 aliphatic heterocycles. The zero-order valence-electron chi connectivity index (χ0n) is 3.60. The normalized spacial score (nSPS) is 11.4. The molecule has 0 aromatic carbocycles. The molecule has 0 aliphatic carbocycles. The van der Waals surface area contributed by atoms with Gasteiger partial charge < -0.3 is 5.26 Å². The largest absolute Gasteiger partial charge is 0.462 e. The summed E-state index contributed by atoms with van der Waals surface area (Å²) in [4.78, 5) is 9.78. The van der Waals surface area contributed by atoms with E-state index in [9.17, 15) is 10.1 Å². The Balaban J connectivity index is 3.82. The van der Waals surface area contributed by atoms with Gasteiger partial charge in [0, 0.05) is 0 Å². The topological polar surface area (TPSA) is 51.4 Å². The Hall–Kier alpha value is -0.570. The number of hydrogen-bond acceptors (Lipinski definition) is 2. The fourth-order valence-corrected chi connectivity index (χ4v) is 0.0643. The van der Waals surface area contributed by atoms with Gasteiger partial charge in [0.1, 0.15) is 0 Å². The Morgan fingerprint density at radius 3 is 2.29 bits per heavy atom. The van der Waals surface area contributed by atoms with Crippen LogP contribution >= 0.6 is 11.6 Å². The van der Waals surface area contributed by atoms with Crippen LogP contribution in [0.5, 0.6) is 0 Å². The van der Waals surface area contributed by atoms with Crippen molar-refractivity contribution in [3.05, 3.63) is 0 Å². The lowest BCUT2D eigenvalue weighted by Gasteiger charge is -1.71. The summed E-state index contributed by atoms with van der Waals surface area (Å²) in [5, 5.41) is 8.38. The second-order valence-electron chi connectivity index (χ2n) is 0.913. The van der Waals surface area contributed by atoms with E-state index in [4.69, 9.17) is 11.6 Å². The minimum atomic E-state index is -0.852. The summed E-state index contributed by atoms with van der Waals surface area (Å²) in [6.07, 6.45) is 0. The first kappa shape index (κ1) is 6.43.